The van der Waals surface area contributed by atoms with Crippen molar-refractivity contribution in [2.75, 3.05) is 5.73 Å². The molecule has 0 aromatic carbocycles. The van der Waals surface area contributed by atoms with Crippen molar-refractivity contribution < 1.29 is 9.84 Å². The number of rotatable bonds is 3. The van der Waals surface area contributed by atoms with Gasteiger partial charge in [0.05, 0.1) is 12.2 Å². The molecule has 3 heterocycles. The zero-order valence-electron chi connectivity index (χ0n) is 11.7. The van der Waals surface area contributed by atoms with E-state index in [0.29, 0.717) is 18.8 Å². The van der Waals surface area contributed by atoms with Crippen LogP contribution in [0.15, 0.2) is 9.59 Å². The number of ether oxygens (including phenoxy) is 1. The van der Waals surface area contributed by atoms with Crippen LogP contribution in [0.1, 0.15) is 31.9 Å². The summed E-state index contributed by atoms with van der Waals surface area (Å²) in [6.07, 6.45) is 2.10. The number of H-pyrrole nitrogens is 1. The number of aliphatic hydroxyl groups excluding tert-OH is 1. The van der Waals surface area contributed by atoms with Gasteiger partial charge in [-0.1, -0.05) is 11.3 Å². The summed E-state index contributed by atoms with van der Waals surface area (Å²) in [5, 5.41) is 10.2. The summed E-state index contributed by atoms with van der Waals surface area (Å²) in [5.41, 5.74) is 5.40. The molecule has 1 saturated carbocycles. The van der Waals surface area contributed by atoms with Crippen LogP contribution in [-0.4, -0.2) is 31.8 Å². The number of hydrogen-bond acceptors (Lipinski definition) is 7. The van der Waals surface area contributed by atoms with E-state index in [0.717, 1.165) is 24.2 Å². The Morgan fingerprint density at radius 2 is 2.14 bits per heavy atom. The second kappa shape index (κ2) is 4.90. The van der Waals surface area contributed by atoms with Gasteiger partial charge in [0, 0.05) is 0 Å². The van der Waals surface area contributed by atoms with Crippen molar-refractivity contribution in [2.45, 2.75) is 44.1 Å². The van der Waals surface area contributed by atoms with E-state index in [1.54, 1.807) is 0 Å². The molecule has 1 saturated heterocycles. The minimum atomic E-state index is -0.506. The first-order chi connectivity index (χ1) is 10.5. The third kappa shape index (κ3) is 2.16. The Kier molecular flexibility index (Phi) is 3.10. The van der Waals surface area contributed by atoms with E-state index in [-0.39, 0.29) is 27.3 Å². The highest BCUT2D eigenvalue weighted by atomic mass is 32.1. The van der Waals surface area contributed by atoms with Gasteiger partial charge in [-0.3, -0.25) is 19.1 Å². The van der Waals surface area contributed by atoms with Crippen LogP contribution in [0, 0.1) is 5.92 Å². The third-order valence-corrected chi connectivity index (χ3v) is 5.24. The summed E-state index contributed by atoms with van der Waals surface area (Å²) in [7, 11) is 0. The Labute approximate surface area is 128 Å². The molecular formula is C13H16N4O4S. The van der Waals surface area contributed by atoms with Gasteiger partial charge in [0.2, 0.25) is 5.95 Å². The van der Waals surface area contributed by atoms with Crippen molar-refractivity contribution in [3.05, 3.63) is 20.0 Å². The van der Waals surface area contributed by atoms with Crippen LogP contribution >= 0.6 is 11.3 Å². The molecule has 4 rings (SSSR count). The maximum absolute atomic E-state index is 12.2. The van der Waals surface area contributed by atoms with Gasteiger partial charge in [0.15, 0.2) is 5.65 Å². The molecule has 2 aromatic heterocycles. The number of aromatic nitrogens is 3. The van der Waals surface area contributed by atoms with Crippen molar-refractivity contribution in [1.82, 2.24) is 14.5 Å². The maximum atomic E-state index is 12.2. The van der Waals surface area contributed by atoms with Crippen LogP contribution in [0.2, 0.25) is 0 Å². The van der Waals surface area contributed by atoms with Crippen molar-refractivity contribution in [3.63, 3.8) is 0 Å². The molecule has 0 bridgehead atoms. The molecule has 8 nitrogen and oxygen atoms in total. The minimum absolute atomic E-state index is 0.0309. The second-order valence-corrected chi connectivity index (χ2v) is 6.84. The van der Waals surface area contributed by atoms with Gasteiger partial charge in [-0.15, -0.1) is 0 Å². The fourth-order valence-electron chi connectivity index (χ4n) is 3.03. The summed E-state index contributed by atoms with van der Waals surface area (Å²) in [4.78, 5) is 30.2. The number of nitrogens with zero attached hydrogens (tertiary/aromatic N) is 2. The molecule has 4 N–H and O–H groups in total. The van der Waals surface area contributed by atoms with Gasteiger partial charge in [0.1, 0.15) is 10.9 Å². The Hall–Kier alpha value is -1.71. The van der Waals surface area contributed by atoms with Gasteiger partial charge in [-0.2, -0.15) is 4.98 Å². The van der Waals surface area contributed by atoms with Crippen LogP contribution < -0.4 is 16.2 Å². The number of nitrogens with two attached hydrogens (primary N) is 1. The lowest BCUT2D eigenvalue weighted by Gasteiger charge is -2.19. The van der Waals surface area contributed by atoms with Gasteiger partial charge in [0.25, 0.3) is 5.56 Å². The molecule has 0 amide bonds. The van der Waals surface area contributed by atoms with E-state index < -0.39 is 17.9 Å². The molecule has 2 fully saturated rings. The molecule has 1 aliphatic carbocycles. The average Bonchev–Trinajstić information content (AvgIpc) is 3.11. The molecule has 0 spiro atoms. The monoisotopic (exact) mass is 324 g/mol. The molecular weight excluding hydrogens is 308 g/mol. The van der Waals surface area contributed by atoms with Crippen LogP contribution in [-0.2, 0) is 4.74 Å². The highest BCUT2D eigenvalue weighted by Crippen LogP contribution is 2.40. The molecule has 22 heavy (non-hydrogen) atoms. The molecule has 9 heteroatoms. The number of nitrogens with one attached hydrogen (secondary N) is 1. The zero-order chi connectivity index (χ0) is 15.4. The van der Waals surface area contributed by atoms with E-state index in [4.69, 9.17) is 10.5 Å². The first kappa shape index (κ1) is 13.9. The van der Waals surface area contributed by atoms with E-state index in [1.165, 1.54) is 4.57 Å². The van der Waals surface area contributed by atoms with E-state index in [1.807, 2.05) is 0 Å². The van der Waals surface area contributed by atoms with Crippen molar-refractivity contribution >= 4 is 27.6 Å². The Morgan fingerprint density at radius 3 is 2.86 bits per heavy atom. The van der Waals surface area contributed by atoms with Crippen LogP contribution in [0.4, 0.5) is 5.95 Å². The standard InChI is InChI=1S/C13H16N4O4S/c14-12-15-10-9(11(19)16-12)22-13(20)17(10)7-4-3-6(21-7)8(18)5-1-2-5/h5-8,18H,1-4H2,(H3,14,15,16,19). The number of aromatic amines is 1. The lowest BCUT2D eigenvalue weighted by atomic mass is 10.1. The molecule has 0 radical (unpaired) electrons. The third-order valence-electron chi connectivity index (χ3n) is 4.30. The maximum Gasteiger partial charge on any atom is 0.311 e. The summed E-state index contributed by atoms with van der Waals surface area (Å²) in [5.74, 6) is 0.285. The normalized spacial score (nSPS) is 26.6. The van der Waals surface area contributed by atoms with Crippen LogP contribution in [0.3, 0.4) is 0 Å². The summed E-state index contributed by atoms with van der Waals surface area (Å²) in [6.45, 7) is 0. The van der Waals surface area contributed by atoms with Crippen molar-refractivity contribution in [1.29, 1.82) is 0 Å². The number of anilines is 1. The fraction of sp³-hybridized carbons (Fsp3) is 0.615. The van der Waals surface area contributed by atoms with Crippen LogP contribution in [0.5, 0.6) is 0 Å². The Bertz CT molecular complexity index is 837. The Morgan fingerprint density at radius 1 is 1.36 bits per heavy atom. The minimum Gasteiger partial charge on any atom is -0.390 e. The van der Waals surface area contributed by atoms with Gasteiger partial charge in [-0.05, 0) is 31.6 Å². The lowest BCUT2D eigenvalue weighted by Crippen LogP contribution is -2.29. The quantitative estimate of drug-likeness (QED) is 0.740. The molecule has 3 unspecified atom stereocenters. The zero-order valence-corrected chi connectivity index (χ0v) is 12.5. The van der Waals surface area contributed by atoms with Gasteiger partial charge in [-0.25, -0.2) is 0 Å². The topological polar surface area (TPSA) is 123 Å². The van der Waals surface area contributed by atoms with Crippen LogP contribution in [0.25, 0.3) is 10.3 Å². The summed E-state index contributed by atoms with van der Waals surface area (Å²) < 4.78 is 7.49. The molecule has 3 atom stereocenters. The number of aliphatic hydroxyl groups is 1. The van der Waals surface area contributed by atoms with Crippen molar-refractivity contribution in [3.8, 4) is 0 Å². The summed E-state index contributed by atoms with van der Waals surface area (Å²) in [6, 6.07) is 0. The van der Waals surface area contributed by atoms with E-state index in [9.17, 15) is 14.7 Å². The SMILES string of the molecule is Nc1nc2c(sc(=O)n2C2CCC(C(O)C3CC3)O2)c(=O)[nH]1. The van der Waals surface area contributed by atoms with E-state index >= 15 is 0 Å². The highest BCUT2D eigenvalue weighted by molar-refractivity contribution is 7.16. The first-order valence-corrected chi connectivity index (χ1v) is 8.10. The number of thiazole rings is 1. The lowest BCUT2D eigenvalue weighted by molar-refractivity contribution is -0.0652. The fourth-order valence-corrected chi connectivity index (χ4v) is 3.88. The average molecular weight is 324 g/mol. The second-order valence-electron chi connectivity index (χ2n) is 5.88. The largest absolute Gasteiger partial charge is 0.390 e. The van der Waals surface area contributed by atoms with Gasteiger partial charge < -0.3 is 15.6 Å². The first-order valence-electron chi connectivity index (χ1n) is 7.29. The van der Waals surface area contributed by atoms with E-state index in [2.05, 4.69) is 9.97 Å². The predicted molar refractivity (Wildman–Crippen MR) is 80.8 cm³/mol. The van der Waals surface area contributed by atoms with Crippen molar-refractivity contribution in [2.24, 2.45) is 5.92 Å². The predicted octanol–water partition coefficient (Wildman–Crippen LogP) is 0.177. The molecule has 118 valence electrons. The number of fused-ring (bicyclic) bond motifs is 1. The number of hydrogen-bond donors (Lipinski definition) is 3. The summed E-state index contributed by atoms with van der Waals surface area (Å²) >= 11 is 0.832. The smallest absolute Gasteiger partial charge is 0.311 e. The number of nitrogen functional groups attached to an aromatic ring is 1. The molecule has 2 aliphatic rings. The highest BCUT2D eigenvalue weighted by Gasteiger charge is 2.40. The van der Waals surface area contributed by atoms with Gasteiger partial charge >= 0.3 is 4.87 Å². The molecule has 1 aliphatic heterocycles. The molecule has 2 aromatic rings. The Balaban J connectivity index is 1.71.